The zero-order valence-corrected chi connectivity index (χ0v) is 32.4. The van der Waals surface area contributed by atoms with Crippen LogP contribution in [0.5, 0.6) is 11.5 Å². The van der Waals surface area contributed by atoms with Crippen LogP contribution in [0.2, 0.25) is 0 Å². The first kappa shape index (κ1) is 37.9. The maximum Gasteiger partial charge on any atom is 0.317 e. The molecule has 0 spiro atoms. The number of ether oxygens (including phenoxy) is 2. The Balaban J connectivity index is 1.26. The Labute approximate surface area is 310 Å². The molecule has 1 aromatic carbocycles. The topological polar surface area (TPSA) is 168 Å². The van der Waals surface area contributed by atoms with Gasteiger partial charge in [-0.3, -0.25) is 19.3 Å². The number of hydrogen-bond donors (Lipinski definition) is 3. The van der Waals surface area contributed by atoms with E-state index in [0.717, 1.165) is 41.0 Å². The van der Waals surface area contributed by atoms with E-state index >= 15 is 0 Å². The van der Waals surface area contributed by atoms with Crippen LogP contribution in [-0.2, 0) is 19.6 Å². The average molecular weight is 755 g/mol. The van der Waals surface area contributed by atoms with Crippen molar-refractivity contribution >= 4 is 55.6 Å². The number of urea groups is 1. The average Bonchev–Trinajstić information content (AvgIpc) is 3.96. The lowest BCUT2D eigenvalue weighted by atomic mass is 10.1. The van der Waals surface area contributed by atoms with E-state index in [1.165, 1.54) is 4.90 Å². The Morgan fingerprint density at radius 1 is 1.19 bits per heavy atom. The van der Waals surface area contributed by atoms with Crippen LogP contribution >= 0.6 is 11.8 Å². The molecule has 52 heavy (non-hydrogen) atoms. The molecule has 2 aliphatic heterocycles. The van der Waals surface area contributed by atoms with Crippen molar-refractivity contribution in [3.05, 3.63) is 41.6 Å². The van der Waals surface area contributed by atoms with Crippen LogP contribution in [-0.4, -0.2) is 96.6 Å². The van der Waals surface area contributed by atoms with Crippen molar-refractivity contribution in [1.82, 2.24) is 25.2 Å². The van der Waals surface area contributed by atoms with Crippen LogP contribution in [0.25, 0.3) is 10.9 Å². The van der Waals surface area contributed by atoms with Gasteiger partial charge in [0.1, 0.15) is 28.1 Å². The first-order chi connectivity index (χ1) is 24.7. The minimum absolute atomic E-state index is 0.0369. The molecule has 1 aromatic heterocycles. The van der Waals surface area contributed by atoms with Gasteiger partial charge in [0, 0.05) is 48.7 Å². The molecule has 2 aromatic rings. The molecule has 4 atom stereocenters. The van der Waals surface area contributed by atoms with Gasteiger partial charge in [0.15, 0.2) is 0 Å². The number of carbonyl (C=O) groups is 3. The molecule has 15 heteroatoms. The maximum absolute atomic E-state index is 14.0. The molecule has 0 radical (unpaired) electrons. The molecule has 1 unspecified atom stereocenters. The number of aromatic nitrogens is 1. The van der Waals surface area contributed by atoms with Gasteiger partial charge in [-0.25, -0.2) is 18.2 Å². The number of nitrogens with one attached hydrogen (secondary N) is 3. The monoisotopic (exact) mass is 754 g/mol. The number of allylic oxidation sites excluding steroid dienone is 1. The molecule has 2 aliphatic carbocycles. The summed E-state index contributed by atoms with van der Waals surface area (Å²) in [7, 11) is -0.650. The second-order valence-electron chi connectivity index (χ2n) is 15.0. The molecule has 282 valence electrons. The number of methoxy groups -OCH3 is 1. The quantitative estimate of drug-likeness (QED) is 0.297. The van der Waals surface area contributed by atoms with E-state index < -0.39 is 44.2 Å². The van der Waals surface area contributed by atoms with Gasteiger partial charge in [-0.05, 0) is 70.4 Å². The Morgan fingerprint density at radius 3 is 2.65 bits per heavy atom. The highest BCUT2D eigenvalue weighted by molar-refractivity contribution is 8.14. The number of hydrogen-bond acceptors (Lipinski definition) is 10. The lowest BCUT2D eigenvalue weighted by molar-refractivity contribution is -0.130. The van der Waals surface area contributed by atoms with Crippen LogP contribution in [0.15, 0.2) is 35.3 Å². The van der Waals surface area contributed by atoms with Gasteiger partial charge >= 0.3 is 6.03 Å². The third-order valence-corrected chi connectivity index (χ3v) is 14.0. The third-order valence-electron chi connectivity index (χ3n) is 10.7. The molecule has 0 bridgehead atoms. The van der Waals surface area contributed by atoms with Gasteiger partial charge in [-0.2, -0.15) is 0 Å². The molecule has 2 saturated carbocycles. The van der Waals surface area contributed by atoms with E-state index in [2.05, 4.69) is 29.2 Å². The van der Waals surface area contributed by atoms with E-state index in [-0.39, 0.29) is 31.4 Å². The lowest BCUT2D eigenvalue weighted by Crippen LogP contribution is -2.58. The largest absolute Gasteiger partial charge is 0.496 e. The van der Waals surface area contributed by atoms with Gasteiger partial charge in [-0.15, -0.1) is 11.8 Å². The standard InChI is InChI=1S/C37H50N6O7S2/c1-22(2)28-21-51-33(39-28)27-19-30(25-12-13-29(49-6)23(3)31(25)38-27)50-18-14-26-32(44)41-37(34(45)42-52(47,48)36(4)15-16-36)20-24(37)11-9-7-8-10-17-43(5)35(46)40-26/h9,11-13,19,22,24,26,28H,7-8,10,14-18,20-21H2,1-6H3,(H,40,46)(H,41,44)(H,42,45)/b11-9-/t24-,26+,28?,37-/m1/s1. The van der Waals surface area contributed by atoms with Crippen LogP contribution in [0, 0.1) is 18.8 Å². The third kappa shape index (κ3) is 7.75. The highest BCUT2D eigenvalue weighted by atomic mass is 32.2. The van der Waals surface area contributed by atoms with Crippen molar-refractivity contribution in [1.29, 1.82) is 0 Å². The predicted molar refractivity (Wildman–Crippen MR) is 202 cm³/mol. The van der Waals surface area contributed by atoms with Crippen molar-refractivity contribution in [2.45, 2.75) is 95.0 Å². The number of fused-ring (bicyclic) bond motifs is 2. The summed E-state index contributed by atoms with van der Waals surface area (Å²) in [6, 6.07) is 4.28. The molecule has 13 nitrogen and oxygen atoms in total. The Morgan fingerprint density at radius 2 is 1.96 bits per heavy atom. The number of amides is 4. The summed E-state index contributed by atoms with van der Waals surface area (Å²) >= 11 is 1.66. The molecule has 6 rings (SSSR count). The van der Waals surface area contributed by atoms with Gasteiger partial charge in [0.05, 0.1) is 35.7 Å². The minimum Gasteiger partial charge on any atom is -0.496 e. The van der Waals surface area contributed by atoms with Crippen molar-refractivity contribution in [2.75, 3.05) is 33.1 Å². The normalized spacial score (nSPS) is 26.8. The Hall–Kier alpha value is -3.85. The molecule has 4 aliphatic rings. The number of sulfonamides is 1. The van der Waals surface area contributed by atoms with E-state index in [0.29, 0.717) is 48.0 Å². The van der Waals surface area contributed by atoms with Crippen molar-refractivity contribution in [3.8, 4) is 11.5 Å². The van der Waals surface area contributed by atoms with Gasteiger partial charge in [0.25, 0.3) is 5.91 Å². The minimum atomic E-state index is -3.94. The maximum atomic E-state index is 14.0. The number of aryl methyl sites for hydroxylation is 1. The number of pyridine rings is 1. The van der Waals surface area contributed by atoms with Crippen LogP contribution in [0.4, 0.5) is 4.79 Å². The summed E-state index contributed by atoms with van der Waals surface area (Å²) in [5.41, 5.74) is 0.801. The van der Waals surface area contributed by atoms with E-state index in [1.807, 2.05) is 37.3 Å². The molecular weight excluding hydrogens is 705 g/mol. The van der Waals surface area contributed by atoms with Crippen molar-refractivity contribution in [3.63, 3.8) is 0 Å². The first-order valence-corrected chi connectivity index (χ1v) is 20.5. The number of thioether (sulfide) groups is 1. The zero-order chi connectivity index (χ0) is 37.4. The predicted octanol–water partition coefficient (Wildman–Crippen LogP) is 4.46. The first-order valence-electron chi connectivity index (χ1n) is 18.1. The highest BCUT2D eigenvalue weighted by Gasteiger charge is 2.62. The molecule has 4 amide bonds. The molecule has 3 heterocycles. The van der Waals surface area contributed by atoms with E-state index in [4.69, 9.17) is 19.5 Å². The summed E-state index contributed by atoms with van der Waals surface area (Å²) in [5.74, 6) is 0.758. The highest BCUT2D eigenvalue weighted by Crippen LogP contribution is 2.47. The summed E-state index contributed by atoms with van der Waals surface area (Å²) in [4.78, 5) is 52.5. The van der Waals surface area contributed by atoms with Gasteiger partial charge < -0.3 is 25.0 Å². The van der Waals surface area contributed by atoms with E-state index in [9.17, 15) is 22.8 Å². The number of rotatable bonds is 10. The second-order valence-corrected chi connectivity index (χ2v) is 18.2. The van der Waals surface area contributed by atoms with Crippen LogP contribution < -0.4 is 24.8 Å². The van der Waals surface area contributed by atoms with E-state index in [1.54, 1.807) is 32.8 Å². The SMILES string of the molecule is COc1ccc2c(OCC[C@@H]3NC(=O)N(C)CCCC/C=C\[C@@H]4C[C@@]4(C(=O)NS(=O)(=O)C4(C)CC4)NC3=O)cc(C3=NC(C(C)C)CS3)nc2c1C. The van der Waals surface area contributed by atoms with Crippen LogP contribution in [0.1, 0.15) is 77.0 Å². The summed E-state index contributed by atoms with van der Waals surface area (Å²) in [5, 5.41) is 7.30. The lowest BCUT2D eigenvalue weighted by Gasteiger charge is -2.26. The summed E-state index contributed by atoms with van der Waals surface area (Å²) in [6.45, 7) is 8.39. The molecule has 2 fully saturated rings. The number of aliphatic imine (C=N–C) groups is 1. The number of benzene rings is 1. The van der Waals surface area contributed by atoms with Crippen LogP contribution in [0.3, 0.4) is 0 Å². The molecular formula is C37H50N6O7S2. The zero-order valence-electron chi connectivity index (χ0n) is 30.8. The fourth-order valence-corrected chi connectivity index (χ4v) is 9.12. The van der Waals surface area contributed by atoms with Gasteiger partial charge in [-0.1, -0.05) is 26.0 Å². The molecule has 3 N–H and O–H groups in total. The van der Waals surface area contributed by atoms with Gasteiger partial charge in [0.2, 0.25) is 15.9 Å². The summed E-state index contributed by atoms with van der Waals surface area (Å²) in [6.07, 6.45) is 7.41. The summed E-state index contributed by atoms with van der Waals surface area (Å²) < 4.78 is 39.3. The molecule has 0 saturated heterocycles. The number of carbonyl (C=O) groups excluding carboxylic acids is 3. The fourth-order valence-electron chi connectivity index (χ4n) is 6.56. The Kier molecular flexibility index (Phi) is 10.8. The second kappa shape index (κ2) is 14.9. The van der Waals surface area contributed by atoms with Crippen molar-refractivity contribution < 1.29 is 32.3 Å². The number of nitrogens with zero attached hydrogens (tertiary/aromatic N) is 3. The van der Waals surface area contributed by atoms with Crippen molar-refractivity contribution in [2.24, 2.45) is 16.8 Å². The Bertz CT molecular complexity index is 1910. The fraction of sp³-hybridized carbons (Fsp3) is 0.595. The smallest absolute Gasteiger partial charge is 0.317 e.